The summed E-state index contributed by atoms with van der Waals surface area (Å²) >= 11 is 0. The summed E-state index contributed by atoms with van der Waals surface area (Å²) in [5, 5.41) is 20.1. The highest BCUT2D eigenvalue weighted by Gasteiger charge is 2.31. The van der Waals surface area contributed by atoms with Crippen molar-refractivity contribution >= 4 is 5.97 Å². The normalized spacial score (nSPS) is 12.4. The summed E-state index contributed by atoms with van der Waals surface area (Å²) in [7, 11) is 0. The number of carbonyl (C=O) groups is 1. The molecule has 0 aliphatic carbocycles. The van der Waals surface area contributed by atoms with Gasteiger partial charge in [0.2, 0.25) is 0 Å². The average molecular weight is 320 g/mol. The molecular weight excluding hydrogens is 288 g/mol. The fraction of sp³-hybridized carbons (Fsp3) is 0.650. The highest BCUT2D eigenvalue weighted by molar-refractivity contribution is 5.88. The largest absolute Gasteiger partial charge is 0.507 e. The molecule has 0 unspecified atom stereocenters. The molecule has 23 heavy (non-hydrogen) atoms. The summed E-state index contributed by atoms with van der Waals surface area (Å²) in [5.74, 6) is -0.657. The Labute approximate surface area is 140 Å². The third-order valence-electron chi connectivity index (χ3n) is 4.19. The van der Waals surface area contributed by atoms with Gasteiger partial charge in [-0.1, -0.05) is 54.4 Å². The minimum Gasteiger partial charge on any atom is -0.507 e. The first kappa shape index (κ1) is 19.5. The van der Waals surface area contributed by atoms with Crippen molar-refractivity contribution in [1.29, 1.82) is 0 Å². The van der Waals surface area contributed by atoms with Crippen molar-refractivity contribution in [3.05, 3.63) is 28.8 Å². The van der Waals surface area contributed by atoms with E-state index in [2.05, 4.69) is 41.5 Å². The standard InChI is InChI=1S/C20H32O3/c1-7-8-9-10-14-11-15(18(22)23)12-16(17(14)21)20(5,6)13-19(2,3)4/h11-12,21H,7-10,13H2,1-6H3,(H,22,23). The summed E-state index contributed by atoms with van der Waals surface area (Å²) in [4.78, 5) is 11.5. The van der Waals surface area contributed by atoms with Gasteiger partial charge < -0.3 is 10.2 Å². The molecule has 2 N–H and O–H groups in total. The molecule has 3 nitrogen and oxygen atoms in total. The SMILES string of the molecule is CCCCCc1cc(C(=O)O)cc(C(C)(C)CC(C)(C)C)c1O. The highest BCUT2D eigenvalue weighted by atomic mass is 16.4. The third-order valence-corrected chi connectivity index (χ3v) is 4.19. The van der Waals surface area contributed by atoms with Gasteiger partial charge in [-0.05, 0) is 47.8 Å². The van der Waals surface area contributed by atoms with Crippen LogP contribution < -0.4 is 0 Å². The van der Waals surface area contributed by atoms with Crippen LogP contribution in [0.25, 0.3) is 0 Å². The zero-order valence-corrected chi connectivity index (χ0v) is 15.5. The topological polar surface area (TPSA) is 57.5 Å². The molecule has 0 amide bonds. The first-order valence-electron chi connectivity index (χ1n) is 8.57. The lowest BCUT2D eigenvalue weighted by Gasteiger charge is -2.34. The minimum absolute atomic E-state index is 0.0948. The van der Waals surface area contributed by atoms with Gasteiger partial charge in [0.25, 0.3) is 0 Å². The monoisotopic (exact) mass is 320 g/mol. The van der Waals surface area contributed by atoms with Gasteiger partial charge in [-0.15, -0.1) is 0 Å². The number of rotatable bonds is 7. The van der Waals surface area contributed by atoms with Gasteiger partial charge in [-0.2, -0.15) is 0 Å². The van der Waals surface area contributed by atoms with Gasteiger partial charge in [0.1, 0.15) is 5.75 Å². The molecule has 0 radical (unpaired) electrons. The fourth-order valence-electron chi connectivity index (χ4n) is 3.51. The summed E-state index contributed by atoms with van der Waals surface area (Å²) < 4.78 is 0. The molecule has 0 bridgehead atoms. The molecule has 0 aliphatic rings. The lowest BCUT2D eigenvalue weighted by Crippen LogP contribution is -2.25. The number of unbranched alkanes of at least 4 members (excludes halogenated alkanes) is 2. The zero-order chi connectivity index (χ0) is 17.8. The van der Waals surface area contributed by atoms with Crippen LogP contribution in [0, 0.1) is 5.41 Å². The number of phenolic OH excluding ortho intramolecular Hbond substituents is 1. The summed E-state index contributed by atoms with van der Waals surface area (Å²) in [6.45, 7) is 12.8. The molecule has 1 aromatic carbocycles. The van der Waals surface area contributed by atoms with E-state index in [1.54, 1.807) is 12.1 Å². The summed E-state index contributed by atoms with van der Waals surface area (Å²) in [6, 6.07) is 3.27. The van der Waals surface area contributed by atoms with E-state index in [1.807, 2.05) is 0 Å². The van der Waals surface area contributed by atoms with E-state index in [9.17, 15) is 15.0 Å². The predicted octanol–water partition coefficient (Wildman–Crippen LogP) is 5.54. The number of hydrogen-bond donors (Lipinski definition) is 2. The van der Waals surface area contributed by atoms with Gasteiger partial charge in [0.05, 0.1) is 5.56 Å². The molecule has 0 aromatic heterocycles. The number of aryl methyl sites for hydroxylation is 1. The van der Waals surface area contributed by atoms with Crippen LogP contribution >= 0.6 is 0 Å². The molecule has 0 heterocycles. The lowest BCUT2D eigenvalue weighted by atomic mass is 9.71. The van der Waals surface area contributed by atoms with E-state index in [0.29, 0.717) is 0 Å². The van der Waals surface area contributed by atoms with Crippen molar-refractivity contribution in [3.63, 3.8) is 0 Å². The molecule has 0 atom stereocenters. The molecule has 0 saturated carbocycles. The highest BCUT2D eigenvalue weighted by Crippen LogP contribution is 2.42. The molecule has 0 fully saturated rings. The van der Waals surface area contributed by atoms with Crippen LogP contribution in [-0.2, 0) is 11.8 Å². The Hall–Kier alpha value is -1.51. The number of benzene rings is 1. The molecule has 0 spiro atoms. The molecule has 3 heteroatoms. The van der Waals surface area contributed by atoms with E-state index in [0.717, 1.165) is 43.2 Å². The third kappa shape index (κ3) is 5.56. The van der Waals surface area contributed by atoms with Gasteiger partial charge in [-0.25, -0.2) is 4.79 Å². The first-order valence-corrected chi connectivity index (χ1v) is 8.57. The van der Waals surface area contributed by atoms with Crippen LogP contribution in [-0.4, -0.2) is 16.2 Å². The molecule has 1 rings (SSSR count). The van der Waals surface area contributed by atoms with E-state index in [1.165, 1.54) is 0 Å². The smallest absolute Gasteiger partial charge is 0.335 e. The van der Waals surface area contributed by atoms with Gasteiger partial charge in [-0.3, -0.25) is 0 Å². The average Bonchev–Trinajstić information content (AvgIpc) is 2.37. The maximum Gasteiger partial charge on any atom is 0.335 e. The number of hydrogen-bond acceptors (Lipinski definition) is 2. The Kier molecular flexibility index (Phi) is 6.26. The van der Waals surface area contributed by atoms with Crippen LogP contribution in [0.1, 0.15) is 88.7 Å². The predicted molar refractivity (Wildman–Crippen MR) is 95.4 cm³/mol. The van der Waals surface area contributed by atoms with E-state index < -0.39 is 5.97 Å². The Morgan fingerprint density at radius 2 is 1.70 bits per heavy atom. The van der Waals surface area contributed by atoms with Crippen molar-refractivity contribution in [2.75, 3.05) is 0 Å². The summed E-state index contributed by atoms with van der Waals surface area (Å²) in [5.41, 5.74) is 1.59. The van der Waals surface area contributed by atoms with E-state index in [-0.39, 0.29) is 22.1 Å². The number of aromatic hydroxyl groups is 1. The Balaban J connectivity index is 3.31. The summed E-state index contributed by atoms with van der Waals surface area (Å²) in [6.07, 6.45) is 4.73. The molecule has 130 valence electrons. The zero-order valence-electron chi connectivity index (χ0n) is 15.5. The maximum atomic E-state index is 11.5. The number of carboxylic acids is 1. The molecule has 0 aliphatic heterocycles. The second-order valence-electron chi connectivity index (χ2n) is 8.42. The number of carboxylic acid groups (broad SMARTS) is 1. The molecule has 0 saturated heterocycles. The van der Waals surface area contributed by atoms with Gasteiger partial charge in [0, 0.05) is 5.56 Å². The Morgan fingerprint density at radius 1 is 1.09 bits per heavy atom. The van der Waals surface area contributed by atoms with Crippen molar-refractivity contribution in [1.82, 2.24) is 0 Å². The van der Waals surface area contributed by atoms with Crippen molar-refractivity contribution in [2.45, 2.75) is 79.1 Å². The van der Waals surface area contributed by atoms with Crippen LogP contribution in [0.4, 0.5) is 0 Å². The number of aromatic carboxylic acids is 1. The Bertz CT molecular complexity index is 551. The fourth-order valence-corrected chi connectivity index (χ4v) is 3.51. The molecule has 1 aromatic rings. The Morgan fingerprint density at radius 3 is 2.17 bits per heavy atom. The second-order valence-corrected chi connectivity index (χ2v) is 8.42. The quantitative estimate of drug-likeness (QED) is 0.649. The van der Waals surface area contributed by atoms with Crippen molar-refractivity contribution in [3.8, 4) is 5.75 Å². The lowest BCUT2D eigenvalue weighted by molar-refractivity contribution is 0.0696. The van der Waals surface area contributed by atoms with Crippen LogP contribution in [0.5, 0.6) is 5.75 Å². The second kappa shape index (κ2) is 7.37. The van der Waals surface area contributed by atoms with Gasteiger partial charge >= 0.3 is 5.97 Å². The minimum atomic E-state index is -0.936. The maximum absolute atomic E-state index is 11.5. The van der Waals surface area contributed by atoms with Crippen LogP contribution in [0.3, 0.4) is 0 Å². The number of phenols is 1. The van der Waals surface area contributed by atoms with Crippen molar-refractivity contribution < 1.29 is 15.0 Å². The molecular formula is C20H32O3. The van der Waals surface area contributed by atoms with E-state index >= 15 is 0 Å². The first-order chi connectivity index (χ1) is 10.5. The van der Waals surface area contributed by atoms with Crippen molar-refractivity contribution in [2.24, 2.45) is 5.41 Å². The van der Waals surface area contributed by atoms with Gasteiger partial charge in [0.15, 0.2) is 0 Å². The van der Waals surface area contributed by atoms with E-state index in [4.69, 9.17) is 0 Å². The van der Waals surface area contributed by atoms with Crippen LogP contribution in [0.15, 0.2) is 12.1 Å². The van der Waals surface area contributed by atoms with Crippen LogP contribution in [0.2, 0.25) is 0 Å².